The largest absolute Gasteiger partial charge is 0.508 e. The molecule has 8 nitrogen and oxygen atoms in total. The van der Waals surface area contributed by atoms with Gasteiger partial charge in [0.1, 0.15) is 17.3 Å². The molecule has 2 atom stereocenters. The summed E-state index contributed by atoms with van der Waals surface area (Å²) in [6, 6.07) is 16.9. The number of carbonyl (C=O) groups excluding carboxylic acids is 3. The Morgan fingerprint density at radius 2 is 1.41 bits per heavy atom. The van der Waals surface area contributed by atoms with Crippen LogP contribution in [0.15, 0.2) is 66.7 Å². The van der Waals surface area contributed by atoms with Gasteiger partial charge in [-0.1, -0.05) is 36.4 Å². The van der Waals surface area contributed by atoms with Gasteiger partial charge in [0.25, 0.3) is 0 Å². The van der Waals surface area contributed by atoms with E-state index < -0.39 is 23.6 Å². The number of phenols is 2. The summed E-state index contributed by atoms with van der Waals surface area (Å²) in [6.07, 6.45) is 0. The van der Waals surface area contributed by atoms with Crippen LogP contribution in [0.1, 0.15) is 37.8 Å². The summed E-state index contributed by atoms with van der Waals surface area (Å²) in [6.45, 7) is 4.35. The molecule has 3 aromatic rings. The van der Waals surface area contributed by atoms with Gasteiger partial charge in [-0.15, -0.1) is 0 Å². The number of hydrogen-bond acceptors (Lipinski definition) is 6. The lowest BCUT2D eigenvalue weighted by atomic mass is 9.67. The topological polar surface area (TPSA) is 101 Å². The summed E-state index contributed by atoms with van der Waals surface area (Å²) < 4.78 is 14.9. The molecular formula is C32H34FN3O5. The Morgan fingerprint density at radius 1 is 0.854 bits per heavy atom. The molecule has 2 heterocycles. The maximum absolute atomic E-state index is 14.9. The van der Waals surface area contributed by atoms with Crippen molar-refractivity contribution in [1.29, 1.82) is 0 Å². The zero-order valence-corrected chi connectivity index (χ0v) is 23.2. The van der Waals surface area contributed by atoms with E-state index in [0.29, 0.717) is 48.4 Å². The Balaban J connectivity index is 1.57. The molecule has 2 aliphatic heterocycles. The number of Topliss-reactive ketones (excluding diaryl/α,β-unsaturated/α-hetero) is 2. The van der Waals surface area contributed by atoms with Gasteiger partial charge >= 0.3 is 6.03 Å². The van der Waals surface area contributed by atoms with Crippen LogP contribution in [0, 0.1) is 24.6 Å². The van der Waals surface area contributed by atoms with Crippen LogP contribution >= 0.6 is 0 Å². The molecule has 3 aromatic carbocycles. The van der Waals surface area contributed by atoms with Crippen molar-refractivity contribution in [2.45, 2.75) is 12.8 Å². The zero-order valence-electron chi connectivity index (χ0n) is 23.2. The standard InChI is InChI=1S/C32H34FN3O5/c1-20-25(10-5-11-28(20)33)29-26(30(39)21-6-3-8-23(37)16-21)18-35(13-15-36-14-12-34(2)32(36)41)19-27(29)31(40)22-7-4-9-24(38)17-22/h3-11,16-17,26-27,29,37-38H,12-15,18-19H2,1-2H3/t26-,27-/m0/s1. The van der Waals surface area contributed by atoms with Crippen LogP contribution in [0.2, 0.25) is 0 Å². The molecule has 0 unspecified atom stereocenters. The molecule has 0 spiro atoms. The number of halogens is 1. The van der Waals surface area contributed by atoms with E-state index >= 15 is 0 Å². The van der Waals surface area contributed by atoms with E-state index in [1.54, 1.807) is 60.2 Å². The van der Waals surface area contributed by atoms with Crippen LogP contribution < -0.4 is 0 Å². The van der Waals surface area contributed by atoms with Crippen LogP contribution in [-0.2, 0) is 0 Å². The lowest BCUT2D eigenvalue weighted by molar-refractivity contribution is 0.0556. The fourth-order valence-electron chi connectivity index (χ4n) is 6.15. The monoisotopic (exact) mass is 559 g/mol. The van der Waals surface area contributed by atoms with E-state index in [9.17, 15) is 29.0 Å². The van der Waals surface area contributed by atoms with Gasteiger partial charge in [-0.3, -0.25) is 9.59 Å². The smallest absolute Gasteiger partial charge is 0.319 e. The third-order valence-electron chi connectivity index (χ3n) is 8.37. The number of aromatic hydroxyl groups is 2. The number of nitrogens with zero attached hydrogens (tertiary/aromatic N) is 3. The second-order valence-corrected chi connectivity index (χ2v) is 11.0. The van der Waals surface area contributed by atoms with E-state index in [2.05, 4.69) is 0 Å². The lowest BCUT2D eigenvalue weighted by Crippen LogP contribution is -2.52. The third kappa shape index (κ3) is 5.81. The van der Waals surface area contributed by atoms with Crippen molar-refractivity contribution < 1.29 is 29.0 Å². The SMILES string of the molecule is Cc1c(F)cccc1C1[C@@H](C(=O)c2cccc(O)c2)CN(CCN2CCN(C)C2=O)C[C@@H]1C(=O)c1cccc(O)c1. The van der Waals surface area contributed by atoms with Crippen molar-refractivity contribution in [3.8, 4) is 11.5 Å². The summed E-state index contributed by atoms with van der Waals surface area (Å²) in [7, 11) is 1.75. The van der Waals surface area contributed by atoms with E-state index in [1.165, 1.54) is 30.3 Å². The zero-order chi connectivity index (χ0) is 29.3. The first-order chi connectivity index (χ1) is 19.6. The summed E-state index contributed by atoms with van der Waals surface area (Å²) in [5.41, 5.74) is 1.56. The molecule has 214 valence electrons. The minimum Gasteiger partial charge on any atom is -0.508 e. The first kappa shape index (κ1) is 28.3. The summed E-state index contributed by atoms with van der Waals surface area (Å²) in [4.78, 5) is 46.2. The number of rotatable bonds is 8. The highest BCUT2D eigenvalue weighted by atomic mass is 19.1. The Kier molecular flexibility index (Phi) is 8.08. The van der Waals surface area contributed by atoms with Gasteiger partial charge in [0.15, 0.2) is 11.6 Å². The van der Waals surface area contributed by atoms with E-state index in [1.807, 2.05) is 4.90 Å². The first-order valence-electron chi connectivity index (χ1n) is 13.8. The van der Waals surface area contributed by atoms with Gasteiger partial charge in [-0.05, 0) is 48.4 Å². The van der Waals surface area contributed by atoms with Gasteiger partial charge in [0.2, 0.25) is 0 Å². The van der Waals surface area contributed by atoms with Crippen molar-refractivity contribution in [3.63, 3.8) is 0 Å². The second kappa shape index (κ2) is 11.7. The number of amides is 2. The number of carbonyl (C=O) groups is 3. The maximum atomic E-state index is 14.9. The minimum absolute atomic E-state index is 0.0499. The Hall–Kier alpha value is -4.24. The van der Waals surface area contributed by atoms with Gasteiger partial charge in [0.05, 0.1) is 0 Å². The van der Waals surface area contributed by atoms with Crippen LogP contribution in [0.5, 0.6) is 11.5 Å². The highest BCUT2D eigenvalue weighted by molar-refractivity contribution is 6.02. The van der Waals surface area contributed by atoms with Crippen molar-refractivity contribution in [3.05, 3.63) is 94.8 Å². The highest BCUT2D eigenvalue weighted by Gasteiger charge is 2.45. The molecule has 2 saturated heterocycles. The number of benzene rings is 3. The van der Waals surface area contributed by atoms with Crippen LogP contribution in [-0.4, -0.2) is 88.8 Å². The molecule has 2 amide bonds. The number of likely N-dealkylation sites (N-methyl/N-ethyl adjacent to an activating group) is 1. The molecule has 2 aliphatic rings. The average Bonchev–Trinajstić information content (AvgIpc) is 3.29. The fourth-order valence-corrected chi connectivity index (χ4v) is 6.15. The molecule has 9 heteroatoms. The Morgan fingerprint density at radius 3 is 1.93 bits per heavy atom. The number of hydrogen-bond donors (Lipinski definition) is 2. The van der Waals surface area contributed by atoms with Crippen molar-refractivity contribution in [1.82, 2.24) is 14.7 Å². The van der Waals surface area contributed by atoms with E-state index in [4.69, 9.17) is 0 Å². The predicted molar refractivity (Wildman–Crippen MR) is 152 cm³/mol. The van der Waals surface area contributed by atoms with Crippen molar-refractivity contribution in [2.24, 2.45) is 11.8 Å². The molecule has 41 heavy (non-hydrogen) atoms. The second-order valence-electron chi connectivity index (χ2n) is 11.0. The number of likely N-dealkylation sites (tertiary alicyclic amines) is 1. The number of phenolic OH excluding ortho intramolecular Hbond substituents is 2. The molecule has 5 rings (SSSR count). The quantitative estimate of drug-likeness (QED) is 0.399. The van der Waals surface area contributed by atoms with Crippen LogP contribution in [0.4, 0.5) is 9.18 Å². The van der Waals surface area contributed by atoms with E-state index in [0.717, 1.165) is 0 Å². The molecule has 2 N–H and O–H groups in total. The van der Waals surface area contributed by atoms with E-state index in [-0.39, 0.29) is 42.2 Å². The summed E-state index contributed by atoms with van der Waals surface area (Å²) >= 11 is 0. The minimum atomic E-state index is -0.741. The molecule has 0 radical (unpaired) electrons. The fraction of sp³-hybridized carbons (Fsp3) is 0.344. The first-order valence-corrected chi connectivity index (χ1v) is 13.8. The average molecular weight is 560 g/mol. The van der Waals surface area contributed by atoms with Gasteiger partial charge < -0.3 is 24.9 Å². The molecule has 2 fully saturated rings. The van der Waals surface area contributed by atoms with Crippen LogP contribution in [0.25, 0.3) is 0 Å². The Bertz CT molecular complexity index is 1410. The Labute approximate surface area is 238 Å². The van der Waals surface area contributed by atoms with Gasteiger partial charge in [-0.2, -0.15) is 0 Å². The number of piperidine rings is 1. The van der Waals surface area contributed by atoms with Gasteiger partial charge in [0, 0.05) is 75.2 Å². The highest BCUT2D eigenvalue weighted by Crippen LogP contribution is 2.42. The predicted octanol–water partition coefficient (Wildman–Crippen LogP) is 4.31. The summed E-state index contributed by atoms with van der Waals surface area (Å²) in [5.74, 6) is -3.18. The van der Waals surface area contributed by atoms with Gasteiger partial charge in [-0.25, -0.2) is 9.18 Å². The van der Waals surface area contributed by atoms with Crippen molar-refractivity contribution in [2.75, 3.05) is 46.3 Å². The molecule has 0 aromatic heterocycles. The number of ketones is 2. The molecule has 0 saturated carbocycles. The molecule has 0 bridgehead atoms. The molecule has 0 aliphatic carbocycles. The maximum Gasteiger partial charge on any atom is 0.319 e. The lowest BCUT2D eigenvalue weighted by Gasteiger charge is -2.44. The number of urea groups is 1. The summed E-state index contributed by atoms with van der Waals surface area (Å²) in [5, 5.41) is 20.2. The van der Waals surface area contributed by atoms with Crippen molar-refractivity contribution >= 4 is 17.6 Å². The molecular weight excluding hydrogens is 525 g/mol. The van der Waals surface area contributed by atoms with Crippen LogP contribution in [0.3, 0.4) is 0 Å². The third-order valence-corrected chi connectivity index (χ3v) is 8.37. The normalized spacial score (nSPS) is 20.0.